The molecular weight excluding hydrogens is 845 g/mol. The summed E-state index contributed by atoms with van der Waals surface area (Å²) in [4.78, 5) is 0. The molecule has 0 heterocycles. The zero-order chi connectivity index (χ0) is 45.5. The summed E-state index contributed by atoms with van der Waals surface area (Å²) in [6.45, 7) is 0. The van der Waals surface area contributed by atoms with Crippen molar-refractivity contribution < 1.29 is 0 Å². The van der Waals surface area contributed by atoms with Crippen LogP contribution in [0.15, 0.2) is 267 Å². The SMILES string of the molecule is c1ccc2cc([Si](c3ccc4ccccc4c3)(c3ccc4ccccc4c3)c3c4ccccc4c(-c4c5ccccc5c(-c5cccc6ccccc56)c5ccccc45)c4ccccc34)ccc2c1. The summed E-state index contributed by atoms with van der Waals surface area (Å²) in [5.41, 5.74) is 5.09. The van der Waals surface area contributed by atoms with Crippen molar-refractivity contribution in [3.05, 3.63) is 267 Å². The van der Waals surface area contributed by atoms with Crippen LogP contribution in [-0.2, 0) is 0 Å². The molecule has 0 bridgehead atoms. The topological polar surface area (TPSA) is 0 Å². The molecule has 0 saturated heterocycles. The normalized spacial score (nSPS) is 12.1. The summed E-state index contributed by atoms with van der Waals surface area (Å²) < 4.78 is 0. The number of hydrogen-bond donors (Lipinski definition) is 0. The monoisotopic (exact) mass is 888 g/mol. The quantitative estimate of drug-likeness (QED) is 0.0886. The van der Waals surface area contributed by atoms with Gasteiger partial charge in [-0.3, -0.25) is 0 Å². The molecule has 14 aromatic rings. The first kappa shape index (κ1) is 39.5. The number of benzene rings is 14. The summed E-state index contributed by atoms with van der Waals surface area (Å²) in [6, 6.07) is 101. The maximum atomic E-state index is 2.52. The van der Waals surface area contributed by atoms with Gasteiger partial charge in [-0.1, -0.05) is 267 Å². The summed E-state index contributed by atoms with van der Waals surface area (Å²) in [5.74, 6) is 0. The lowest BCUT2D eigenvalue weighted by atomic mass is 9.82. The highest BCUT2D eigenvalue weighted by Gasteiger charge is 2.45. The third-order valence-electron chi connectivity index (χ3n) is 15.1. The molecule has 0 N–H and O–H groups in total. The van der Waals surface area contributed by atoms with E-state index in [0.717, 1.165) is 0 Å². The summed E-state index contributed by atoms with van der Waals surface area (Å²) in [6.07, 6.45) is 0. The van der Waals surface area contributed by atoms with Crippen LogP contribution in [0, 0.1) is 0 Å². The van der Waals surface area contributed by atoms with Crippen molar-refractivity contribution in [1.29, 1.82) is 0 Å². The maximum Gasteiger partial charge on any atom is 0.180 e. The van der Waals surface area contributed by atoms with Gasteiger partial charge in [-0.05, 0) is 129 Å². The van der Waals surface area contributed by atoms with Crippen molar-refractivity contribution in [3.63, 3.8) is 0 Å². The van der Waals surface area contributed by atoms with Crippen molar-refractivity contribution in [2.45, 2.75) is 0 Å². The van der Waals surface area contributed by atoms with E-state index in [2.05, 4.69) is 267 Å². The smallest absolute Gasteiger partial charge is 0.0616 e. The van der Waals surface area contributed by atoms with E-state index in [9.17, 15) is 0 Å². The molecule has 0 aliphatic rings. The van der Waals surface area contributed by atoms with Crippen LogP contribution in [-0.4, -0.2) is 8.07 Å². The summed E-state index contributed by atoms with van der Waals surface area (Å²) in [7, 11) is -3.29. The molecule has 320 valence electrons. The van der Waals surface area contributed by atoms with Gasteiger partial charge in [0.25, 0.3) is 0 Å². The van der Waals surface area contributed by atoms with E-state index < -0.39 is 8.07 Å². The Morgan fingerprint density at radius 2 is 0.478 bits per heavy atom. The molecule has 0 spiro atoms. The van der Waals surface area contributed by atoms with Gasteiger partial charge in [0.15, 0.2) is 8.07 Å². The van der Waals surface area contributed by atoms with Gasteiger partial charge in [-0.25, -0.2) is 0 Å². The Bertz CT molecular complexity index is 4080. The molecular formula is C68H44Si. The molecule has 0 fully saturated rings. The van der Waals surface area contributed by atoms with Crippen LogP contribution in [0.3, 0.4) is 0 Å². The van der Waals surface area contributed by atoms with Crippen molar-refractivity contribution in [2.75, 3.05) is 0 Å². The van der Waals surface area contributed by atoms with E-state index in [1.54, 1.807) is 0 Å². The highest BCUT2D eigenvalue weighted by atomic mass is 28.3. The molecule has 0 aromatic heterocycles. The average molecular weight is 889 g/mol. The minimum absolute atomic E-state index is 1.25. The van der Waals surface area contributed by atoms with E-state index in [0.29, 0.717) is 0 Å². The van der Waals surface area contributed by atoms with Crippen LogP contribution < -0.4 is 20.7 Å². The number of rotatable bonds is 6. The molecule has 0 amide bonds. The minimum Gasteiger partial charge on any atom is -0.0616 e. The second-order valence-corrected chi connectivity index (χ2v) is 22.4. The molecule has 14 rings (SSSR count). The lowest BCUT2D eigenvalue weighted by Gasteiger charge is -2.37. The second kappa shape index (κ2) is 15.7. The predicted octanol–water partition coefficient (Wildman–Crippen LogP) is 15.6. The van der Waals surface area contributed by atoms with Crippen LogP contribution in [0.2, 0.25) is 0 Å². The van der Waals surface area contributed by atoms with E-state index in [4.69, 9.17) is 0 Å². The Labute approximate surface area is 402 Å². The molecule has 69 heavy (non-hydrogen) atoms. The Morgan fingerprint density at radius 3 is 0.884 bits per heavy atom. The van der Waals surface area contributed by atoms with E-state index in [1.807, 2.05) is 0 Å². The standard InChI is InChI=1S/C68H44Si/c1-4-22-49-42-52(39-36-45(49)18-1)69(53-40-37-46-19-2-5-23-50(46)43-53,54-41-38-47-20-3-6-24-51(47)44-54)68-63-33-15-13-31-61(63)67(62-32-14-16-34-64(62)68)66-59-29-11-9-27-57(59)65(58-28-10-12-30-60(58)66)56-35-17-25-48-21-7-8-26-55(48)56/h1-44H. The molecule has 0 atom stereocenters. The first-order chi connectivity index (χ1) is 34.2. The minimum atomic E-state index is -3.29. The molecule has 14 aromatic carbocycles. The fourth-order valence-corrected chi connectivity index (χ4v) is 17.4. The van der Waals surface area contributed by atoms with Gasteiger partial charge in [0.05, 0.1) is 0 Å². The van der Waals surface area contributed by atoms with Gasteiger partial charge in [0.1, 0.15) is 0 Å². The van der Waals surface area contributed by atoms with Gasteiger partial charge < -0.3 is 0 Å². The highest BCUT2D eigenvalue weighted by molar-refractivity contribution is 7.21. The second-order valence-electron chi connectivity index (χ2n) is 18.6. The van der Waals surface area contributed by atoms with Gasteiger partial charge >= 0.3 is 0 Å². The van der Waals surface area contributed by atoms with Gasteiger partial charge in [-0.15, -0.1) is 0 Å². The van der Waals surface area contributed by atoms with Gasteiger partial charge in [0.2, 0.25) is 0 Å². The van der Waals surface area contributed by atoms with Crippen LogP contribution in [0.25, 0.3) is 108 Å². The lowest BCUT2D eigenvalue weighted by Crippen LogP contribution is -2.75. The van der Waals surface area contributed by atoms with Gasteiger partial charge in [-0.2, -0.15) is 0 Å². The molecule has 0 nitrogen and oxygen atoms in total. The number of hydrogen-bond acceptors (Lipinski definition) is 0. The molecule has 0 aliphatic heterocycles. The summed E-state index contributed by atoms with van der Waals surface area (Å²) >= 11 is 0. The third kappa shape index (κ3) is 6.01. The average Bonchev–Trinajstić information content (AvgIpc) is 3.42. The van der Waals surface area contributed by atoms with Crippen LogP contribution >= 0.6 is 0 Å². The lowest BCUT2D eigenvalue weighted by molar-refractivity contribution is 1.69. The largest absolute Gasteiger partial charge is 0.180 e. The molecule has 1 heteroatoms. The van der Waals surface area contributed by atoms with Crippen LogP contribution in [0.4, 0.5) is 0 Å². The van der Waals surface area contributed by atoms with Crippen molar-refractivity contribution in [1.82, 2.24) is 0 Å². The zero-order valence-corrected chi connectivity index (χ0v) is 38.9. The van der Waals surface area contributed by atoms with Crippen LogP contribution in [0.1, 0.15) is 0 Å². The van der Waals surface area contributed by atoms with Crippen LogP contribution in [0.5, 0.6) is 0 Å². The fourth-order valence-electron chi connectivity index (χ4n) is 12.1. The van der Waals surface area contributed by atoms with E-state index in [1.165, 1.54) is 129 Å². The number of fused-ring (bicyclic) bond motifs is 8. The molecule has 0 aliphatic carbocycles. The van der Waals surface area contributed by atoms with E-state index in [-0.39, 0.29) is 0 Å². The molecule has 0 unspecified atom stereocenters. The zero-order valence-electron chi connectivity index (χ0n) is 37.9. The Kier molecular flexibility index (Phi) is 9.02. The molecule has 0 radical (unpaired) electrons. The van der Waals surface area contributed by atoms with E-state index >= 15 is 0 Å². The highest BCUT2D eigenvalue weighted by Crippen LogP contribution is 2.48. The Hall–Kier alpha value is -8.62. The van der Waals surface area contributed by atoms with Crippen molar-refractivity contribution in [2.24, 2.45) is 0 Å². The first-order valence-electron chi connectivity index (χ1n) is 24.1. The summed E-state index contributed by atoms with van der Waals surface area (Å²) in [5, 5.41) is 25.7. The third-order valence-corrected chi connectivity index (χ3v) is 19.9. The maximum absolute atomic E-state index is 3.29. The first-order valence-corrected chi connectivity index (χ1v) is 26.1. The molecule has 0 saturated carbocycles. The van der Waals surface area contributed by atoms with Crippen molar-refractivity contribution >= 4 is 115 Å². The predicted molar refractivity (Wildman–Crippen MR) is 301 cm³/mol. The Balaban J connectivity index is 1.18. The van der Waals surface area contributed by atoms with Gasteiger partial charge in [0, 0.05) is 0 Å². The van der Waals surface area contributed by atoms with Crippen molar-refractivity contribution in [3.8, 4) is 22.3 Å². The Morgan fingerprint density at radius 1 is 0.188 bits per heavy atom. The fraction of sp³-hybridized carbons (Fsp3) is 0.